The maximum atomic E-state index is 11.9. The number of rotatable bonds is 3. The topological polar surface area (TPSA) is 59.4 Å². The van der Waals surface area contributed by atoms with Crippen molar-refractivity contribution in [3.63, 3.8) is 0 Å². The third-order valence-electron chi connectivity index (χ3n) is 1.41. The summed E-state index contributed by atoms with van der Waals surface area (Å²) < 4.78 is 40.3. The van der Waals surface area contributed by atoms with Crippen LogP contribution in [-0.2, 0) is 0 Å². The zero-order valence-electron chi connectivity index (χ0n) is 7.58. The summed E-state index contributed by atoms with van der Waals surface area (Å²) in [7, 11) is 0. The molecule has 0 bridgehead atoms. The smallest absolute Gasteiger partial charge is 0.422 e. The zero-order valence-corrected chi connectivity index (χ0v) is 9.17. The molecule has 88 valence electrons. The van der Waals surface area contributed by atoms with Gasteiger partial charge in [0.15, 0.2) is 18.1 Å². The van der Waals surface area contributed by atoms with E-state index < -0.39 is 30.2 Å². The van der Waals surface area contributed by atoms with Crippen LogP contribution >= 0.6 is 15.9 Å². The Labute approximate surface area is 96.2 Å². The monoisotopic (exact) mass is 299 g/mol. The lowest BCUT2D eigenvalue weighted by atomic mass is 10.3. The first-order valence-electron chi connectivity index (χ1n) is 3.88. The summed E-state index contributed by atoms with van der Waals surface area (Å²) in [5.74, 6) is -1.89. The van der Waals surface area contributed by atoms with Crippen LogP contribution in [0.5, 0.6) is 5.75 Å². The van der Waals surface area contributed by atoms with E-state index in [1.165, 1.54) is 0 Å². The second kappa shape index (κ2) is 4.69. The second-order valence-electron chi connectivity index (χ2n) is 2.71. The van der Waals surface area contributed by atoms with Crippen LogP contribution in [0.15, 0.2) is 16.7 Å². The fourth-order valence-corrected chi connectivity index (χ4v) is 1.16. The summed E-state index contributed by atoms with van der Waals surface area (Å²) in [4.78, 5) is 14.1. The van der Waals surface area contributed by atoms with Gasteiger partial charge in [-0.1, -0.05) is 0 Å². The molecule has 0 spiro atoms. The third kappa shape index (κ3) is 3.69. The minimum Gasteiger partial charge on any atom is -0.482 e. The molecule has 8 heteroatoms. The molecule has 0 saturated heterocycles. The van der Waals surface area contributed by atoms with Crippen LogP contribution < -0.4 is 4.74 Å². The Bertz CT molecular complexity index is 408. The molecule has 1 aromatic rings. The van der Waals surface area contributed by atoms with Crippen LogP contribution in [0.4, 0.5) is 13.2 Å². The first kappa shape index (κ1) is 12.8. The third-order valence-corrected chi connectivity index (χ3v) is 1.85. The van der Waals surface area contributed by atoms with Crippen LogP contribution in [-0.4, -0.2) is 28.8 Å². The molecule has 1 aromatic heterocycles. The molecule has 0 aliphatic carbocycles. The lowest BCUT2D eigenvalue weighted by Crippen LogP contribution is -2.20. The van der Waals surface area contributed by atoms with E-state index in [1.807, 2.05) is 0 Å². The second-order valence-corrected chi connectivity index (χ2v) is 3.62. The number of aromatic carboxylic acids is 1. The maximum absolute atomic E-state index is 11.9. The molecule has 0 saturated carbocycles. The summed E-state index contributed by atoms with van der Waals surface area (Å²) in [6, 6.07) is 1.11. The molecule has 0 fully saturated rings. The van der Waals surface area contributed by atoms with Crippen molar-refractivity contribution in [2.75, 3.05) is 6.61 Å². The molecule has 0 amide bonds. The van der Waals surface area contributed by atoms with Crippen molar-refractivity contribution >= 4 is 21.9 Å². The summed E-state index contributed by atoms with van der Waals surface area (Å²) in [6.45, 7) is -1.56. The van der Waals surface area contributed by atoms with E-state index in [0.29, 0.717) is 4.47 Å². The average molecular weight is 300 g/mol. The standard InChI is InChI=1S/C8H5BrF3NO3/c9-4-1-5(16-3-8(10,11)12)6(7(14)15)13-2-4/h1-2H,3H2,(H,14,15). The summed E-state index contributed by atoms with van der Waals surface area (Å²) in [6.07, 6.45) is -3.37. The molecule has 1 heterocycles. The molecule has 0 atom stereocenters. The quantitative estimate of drug-likeness (QED) is 0.931. The van der Waals surface area contributed by atoms with E-state index in [-0.39, 0.29) is 0 Å². The number of hydrogen-bond acceptors (Lipinski definition) is 3. The summed E-state index contributed by atoms with van der Waals surface area (Å²) >= 11 is 2.95. The highest BCUT2D eigenvalue weighted by atomic mass is 79.9. The number of nitrogens with zero attached hydrogens (tertiary/aromatic N) is 1. The van der Waals surface area contributed by atoms with Crippen LogP contribution in [0.3, 0.4) is 0 Å². The van der Waals surface area contributed by atoms with E-state index in [9.17, 15) is 18.0 Å². The van der Waals surface area contributed by atoms with Gasteiger partial charge in [0, 0.05) is 10.7 Å². The van der Waals surface area contributed by atoms with Gasteiger partial charge in [-0.3, -0.25) is 0 Å². The normalized spacial score (nSPS) is 11.2. The largest absolute Gasteiger partial charge is 0.482 e. The molecule has 0 aliphatic rings. The fourth-order valence-electron chi connectivity index (χ4n) is 0.851. The van der Waals surface area contributed by atoms with Crippen molar-refractivity contribution in [1.29, 1.82) is 0 Å². The van der Waals surface area contributed by atoms with Gasteiger partial charge in [0.2, 0.25) is 0 Å². The predicted octanol–water partition coefficient (Wildman–Crippen LogP) is 2.48. The van der Waals surface area contributed by atoms with E-state index >= 15 is 0 Å². The Kier molecular flexibility index (Phi) is 3.74. The Morgan fingerprint density at radius 1 is 1.56 bits per heavy atom. The molecular weight excluding hydrogens is 295 g/mol. The molecule has 0 unspecified atom stereocenters. The number of carbonyl (C=O) groups is 1. The average Bonchev–Trinajstić information content (AvgIpc) is 2.13. The first-order valence-corrected chi connectivity index (χ1v) is 4.67. The number of carboxylic acids is 1. The predicted molar refractivity (Wildman–Crippen MR) is 50.4 cm³/mol. The number of carboxylic acid groups (broad SMARTS) is 1. The number of pyridine rings is 1. The number of alkyl halides is 3. The Hall–Kier alpha value is -1.31. The summed E-state index contributed by atoms with van der Waals surface area (Å²) in [5.41, 5.74) is -0.563. The zero-order chi connectivity index (χ0) is 12.3. The Morgan fingerprint density at radius 2 is 2.19 bits per heavy atom. The van der Waals surface area contributed by atoms with Crippen molar-refractivity contribution in [3.8, 4) is 5.75 Å². The SMILES string of the molecule is O=C(O)c1ncc(Br)cc1OCC(F)(F)F. The van der Waals surface area contributed by atoms with Gasteiger partial charge in [-0.05, 0) is 22.0 Å². The van der Waals surface area contributed by atoms with E-state index in [4.69, 9.17) is 5.11 Å². The van der Waals surface area contributed by atoms with Gasteiger partial charge in [0.05, 0.1) is 0 Å². The van der Waals surface area contributed by atoms with Gasteiger partial charge in [0.1, 0.15) is 0 Å². The molecule has 1 N–H and O–H groups in total. The molecule has 16 heavy (non-hydrogen) atoms. The number of halogens is 4. The maximum Gasteiger partial charge on any atom is 0.422 e. The van der Waals surface area contributed by atoms with Gasteiger partial charge in [0.25, 0.3) is 0 Å². The van der Waals surface area contributed by atoms with E-state index in [1.54, 1.807) is 0 Å². The van der Waals surface area contributed by atoms with Crippen molar-refractivity contribution in [1.82, 2.24) is 4.98 Å². The van der Waals surface area contributed by atoms with Crippen molar-refractivity contribution < 1.29 is 27.8 Å². The number of ether oxygens (including phenoxy) is 1. The highest BCUT2D eigenvalue weighted by Crippen LogP contribution is 2.24. The molecule has 0 aromatic carbocycles. The number of aromatic nitrogens is 1. The van der Waals surface area contributed by atoms with E-state index in [0.717, 1.165) is 12.3 Å². The minimum absolute atomic E-state index is 0.328. The molecule has 0 radical (unpaired) electrons. The molecule has 0 aliphatic heterocycles. The van der Waals surface area contributed by atoms with Crippen molar-refractivity contribution in [2.45, 2.75) is 6.18 Å². The first-order chi connectivity index (χ1) is 7.29. The molecule has 4 nitrogen and oxygen atoms in total. The van der Waals surface area contributed by atoms with Gasteiger partial charge in [-0.15, -0.1) is 0 Å². The van der Waals surface area contributed by atoms with Gasteiger partial charge < -0.3 is 9.84 Å². The van der Waals surface area contributed by atoms with Crippen LogP contribution in [0.2, 0.25) is 0 Å². The van der Waals surface area contributed by atoms with Gasteiger partial charge in [-0.2, -0.15) is 13.2 Å². The lowest BCUT2D eigenvalue weighted by molar-refractivity contribution is -0.153. The highest BCUT2D eigenvalue weighted by molar-refractivity contribution is 9.10. The van der Waals surface area contributed by atoms with Crippen LogP contribution in [0.25, 0.3) is 0 Å². The number of hydrogen-bond donors (Lipinski definition) is 1. The fraction of sp³-hybridized carbons (Fsp3) is 0.250. The summed E-state index contributed by atoms with van der Waals surface area (Å²) in [5, 5.41) is 8.65. The van der Waals surface area contributed by atoms with Gasteiger partial charge >= 0.3 is 12.1 Å². The Morgan fingerprint density at radius 3 is 2.69 bits per heavy atom. The minimum atomic E-state index is -4.53. The van der Waals surface area contributed by atoms with Crippen LogP contribution in [0.1, 0.15) is 10.5 Å². The highest BCUT2D eigenvalue weighted by Gasteiger charge is 2.29. The van der Waals surface area contributed by atoms with Gasteiger partial charge in [-0.25, -0.2) is 9.78 Å². The van der Waals surface area contributed by atoms with Crippen molar-refractivity contribution in [2.24, 2.45) is 0 Å². The Balaban J connectivity index is 2.93. The van der Waals surface area contributed by atoms with E-state index in [2.05, 4.69) is 25.7 Å². The van der Waals surface area contributed by atoms with Crippen LogP contribution in [0, 0.1) is 0 Å². The lowest BCUT2D eigenvalue weighted by Gasteiger charge is -2.10. The molecule has 1 rings (SSSR count). The molecular formula is C8H5BrF3NO3. The van der Waals surface area contributed by atoms with Crippen molar-refractivity contribution in [3.05, 3.63) is 22.4 Å².